The maximum atomic E-state index is 6.01. The van der Waals surface area contributed by atoms with Gasteiger partial charge in [0.05, 0.1) is 19.3 Å². The molecule has 1 aromatic rings. The molecular formula is C18H27N3O. The molecule has 3 atom stereocenters. The minimum absolute atomic E-state index is 0.508. The lowest BCUT2D eigenvalue weighted by molar-refractivity contribution is -0.0682. The number of nitrogens with one attached hydrogen (secondary N) is 1. The molecule has 3 saturated heterocycles. The van der Waals surface area contributed by atoms with E-state index in [1.807, 2.05) is 0 Å². The first kappa shape index (κ1) is 14.6. The summed E-state index contributed by atoms with van der Waals surface area (Å²) in [4.78, 5) is 5.27. The molecule has 4 nitrogen and oxygen atoms in total. The van der Waals surface area contributed by atoms with Crippen LogP contribution in [0.25, 0.3) is 0 Å². The van der Waals surface area contributed by atoms with Gasteiger partial charge in [-0.1, -0.05) is 30.3 Å². The van der Waals surface area contributed by atoms with Gasteiger partial charge in [-0.2, -0.15) is 0 Å². The highest BCUT2D eigenvalue weighted by atomic mass is 16.5. The molecule has 3 fully saturated rings. The topological polar surface area (TPSA) is 27.7 Å². The predicted molar refractivity (Wildman–Crippen MR) is 87.8 cm³/mol. The van der Waals surface area contributed by atoms with Crippen LogP contribution in [-0.4, -0.2) is 67.3 Å². The van der Waals surface area contributed by atoms with Gasteiger partial charge in [-0.05, 0) is 31.5 Å². The van der Waals surface area contributed by atoms with Gasteiger partial charge >= 0.3 is 0 Å². The third kappa shape index (κ3) is 2.93. The van der Waals surface area contributed by atoms with Crippen molar-refractivity contribution in [1.29, 1.82) is 0 Å². The zero-order valence-electron chi connectivity index (χ0n) is 13.3. The largest absolute Gasteiger partial charge is 0.378 e. The fraction of sp³-hybridized carbons (Fsp3) is 0.667. The van der Waals surface area contributed by atoms with Gasteiger partial charge in [-0.15, -0.1) is 0 Å². The molecule has 22 heavy (non-hydrogen) atoms. The lowest BCUT2D eigenvalue weighted by Crippen LogP contribution is -2.69. The van der Waals surface area contributed by atoms with Crippen LogP contribution in [0.4, 0.5) is 0 Å². The Labute approximate surface area is 133 Å². The number of nitrogens with zero attached hydrogens (tertiary/aromatic N) is 2. The van der Waals surface area contributed by atoms with Crippen LogP contribution in [-0.2, 0) is 11.3 Å². The summed E-state index contributed by atoms with van der Waals surface area (Å²) < 4.78 is 6.01. The van der Waals surface area contributed by atoms with Gasteiger partial charge in [0.1, 0.15) is 0 Å². The minimum Gasteiger partial charge on any atom is -0.378 e. The molecule has 1 N–H and O–H groups in total. The number of fused-ring (bicyclic) bond motifs is 1. The van der Waals surface area contributed by atoms with Crippen molar-refractivity contribution in [2.24, 2.45) is 0 Å². The highest BCUT2D eigenvalue weighted by molar-refractivity contribution is 5.15. The monoisotopic (exact) mass is 301 g/mol. The van der Waals surface area contributed by atoms with Gasteiger partial charge in [-0.3, -0.25) is 9.80 Å². The number of piperazine rings is 1. The van der Waals surface area contributed by atoms with E-state index in [2.05, 4.69) is 45.4 Å². The molecule has 0 bridgehead atoms. The maximum Gasteiger partial charge on any atom is 0.0638 e. The second-order valence-electron chi connectivity index (χ2n) is 6.85. The third-order valence-electron chi connectivity index (χ3n) is 5.49. The highest BCUT2D eigenvalue weighted by Crippen LogP contribution is 2.25. The Balaban J connectivity index is 1.48. The molecule has 3 aliphatic heterocycles. The molecular weight excluding hydrogens is 274 g/mol. The first-order valence-electron chi connectivity index (χ1n) is 8.75. The fourth-order valence-electron chi connectivity index (χ4n) is 4.34. The van der Waals surface area contributed by atoms with E-state index in [1.165, 1.54) is 31.5 Å². The van der Waals surface area contributed by atoms with Crippen molar-refractivity contribution in [3.63, 3.8) is 0 Å². The van der Waals surface area contributed by atoms with Crippen LogP contribution < -0.4 is 5.32 Å². The smallest absolute Gasteiger partial charge is 0.0638 e. The van der Waals surface area contributed by atoms with E-state index in [0.717, 1.165) is 32.8 Å². The van der Waals surface area contributed by atoms with Gasteiger partial charge < -0.3 is 10.1 Å². The zero-order chi connectivity index (χ0) is 14.8. The summed E-state index contributed by atoms with van der Waals surface area (Å²) >= 11 is 0. The lowest BCUT2D eigenvalue weighted by atomic mass is 9.93. The van der Waals surface area contributed by atoms with Gasteiger partial charge in [0.2, 0.25) is 0 Å². The Bertz CT molecular complexity index is 474. The second kappa shape index (κ2) is 6.67. The maximum absolute atomic E-state index is 6.01. The summed E-state index contributed by atoms with van der Waals surface area (Å²) in [5.41, 5.74) is 1.41. The number of rotatable bonds is 3. The van der Waals surface area contributed by atoms with E-state index in [9.17, 15) is 0 Å². The molecule has 0 spiro atoms. The molecule has 0 radical (unpaired) electrons. The van der Waals surface area contributed by atoms with Crippen LogP contribution in [0.15, 0.2) is 30.3 Å². The van der Waals surface area contributed by atoms with Crippen LogP contribution in [0.2, 0.25) is 0 Å². The van der Waals surface area contributed by atoms with Crippen molar-refractivity contribution >= 4 is 0 Å². The van der Waals surface area contributed by atoms with Gasteiger partial charge in [0.25, 0.3) is 0 Å². The van der Waals surface area contributed by atoms with E-state index in [1.54, 1.807) is 0 Å². The summed E-state index contributed by atoms with van der Waals surface area (Å²) in [5.74, 6) is 0. The standard InChI is InChI=1S/C18H27N3O/c1-2-6-15(7-3-1)12-21-11-8-19-18-16(13-22-14-17(18)21)20-9-4-5-10-20/h1-3,6-7,16-19H,4-5,8-14H2. The predicted octanol–water partition coefficient (Wildman–Crippen LogP) is 1.32. The van der Waals surface area contributed by atoms with Crippen LogP contribution >= 0.6 is 0 Å². The Morgan fingerprint density at radius 2 is 1.77 bits per heavy atom. The summed E-state index contributed by atoms with van der Waals surface area (Å²) in [6.45, 7) is 7.52. The quantitative estimate of drug-likeness (QED) is 0.911. The Morgan fingerprint density at radius 3 is 2.59 bits per heavy atom. The molecule has 0 amide bonds. The molecule has 3 unspecified atom stereocenters. The molecule has 120 valence electrons. The lowest BCUT2D eigenvalue weighted by Gasteiger charge is -2.50. The first-order chi connectivity index (χ1) is 10.9. The first-order valence-corrected chi connectivity index (χ1v) is 8.75. The summed E-state index contributed by atoms with van der Waals surface area (Å²) in [5, 5.41) is 3.80. The van der Waals surface area contributed by atoms with E-state index < -0.39 is 0 Å². The van der Waals surface area contributed by atoms with Gasteiger partial charge in [0, 0.05) is 31.7 Å². The van der Waals surface area contributed by atoms with Crippen LogP contribution in [0.3, 0.4) is 0 Å². The van der Waals surface area contributed by atoms with E-state index in [4.69, 9.17) is 4.74 Å². The Kier molecular flexibility index (Phi) is 4.44. The minimum atomic E-state index is 0.508. The van der Waals surface area contributed by atoms with Gasteiger partial charge in [0.15, 0.2) is 0 Å². The molecule has 0 saturated carbocycles. The van der Waals surface area contributed by atoms with Crippen molar-refractivity contribution in [2.75, 3.05) is 39.4 Å². The van der Waals surface area contributed by atoms with Crippen LogP contribution in [0, 0.1) is 0 Å². The average molecular weight is 301 g/mol. The van der Waals surface area contributed by atoms with Crippen molar-refractivity contribution < 1.29 is 4.74 Å². The molecule has 3 heterocycles. The fourth-order valence-corrected chi connectivity index (χ4v) is 4.34. The number of benzene rings is 1. The number of ether oxygens (including phenoxy) is 1. The number of likely N-dealkylation sites (tertiary alicyclic amines) is 1. The van der Waals surface area contributed by atoms with Crippen LogP contribution in [0.5, 0.6) is 0 Å². The Morgan fingerprint density at radius 1 is 1.00 bits per heavy atom. The second-order valence-corrected chi connectivity index (χ2v) is 6.85. The van der Waals surface area contributed by atoms with Crippen molar-refractivity contribution in [2.45, 2.75) is 37.5 Å². The van der Waals surface area contributed by atoms with E-state index in [0.29, 0.717) is 18.1 Å². The molecule has 4 rings (SSSR count). The van der Waals surface area contributed by atoms with Gasteiger partial charge in [-0.25, -0.2) is 0 Å². The number of hydrogen-bond donors (Lipinski definition) is 1. The molecule has 4 heteroatoms. The third-order valence-corrected chi connectivity index (χ3v) is 5.49. The highest BCUT2D eigenvalue weighted by Gasteiger charge is 2.42. The van der Waals surface area contributed by atoms with Crippen molar-refractivity contribution in [3.8, 4) is 0 Å². The molecule has 1 aromatic carbocycles. The summed E-state index contributed by atoms with van der Waals surface area (Å²) in [6, 6.07) is 12.5. The van der Waals surface area contributed by atoms with Crippen LogP contribution in [0.1, 0.15) is 18.4 Å². The number of hydrogen-bond acceptors (Lipinski definition) is 4. The summed E-state index contributed by atoms with van der Waals surface area (Å²) in [7, 11) is 0. The molecule has 3 aliphatic rings. The van der Waals surface area contributed by atoms with E-state index >= 15 is 0 Å². The Hall–Kier alpha value is -0.940. The van der Waals surface area contributed by atoms with E-state index in [-0.39, 0.29) is 0 Å². The summed E-state index contributed by atoms with van der Waals surface area (Å²) in [6.07, 6.45) is 2.70. The molecule has 0 aliphatic carbocycles. The van der Waals surface area contributed by atoms with Crippen molar-refractivity contribution in [3.05, 3.63) is 35.9 Å². The van der Waals surface area contributed by atoms with Crippen molar-refractivity contribution in [1.82, 2.24) is 15.1 Å². The molecule has 0 aromatic heterocycles. The normalized spacial score (nSPS) is 33.7. The zero-order valence-corrected chi connectivity index (χ0v) is 13.3. The average Bonchev–Trinajstić information content (AvgIpc) is 3.10. The SMILES string of the molecule is c1ccc(CN2CCNC3C(N4CCCC4)COCC32)cc1.